The SMILES string of the molecule is CCCc1c(C/C=C(\C)C/C=C/C(C)(C)O)[nH]c(=O)c(C)c1OC. The van der Waals surface area contributed by atoms with Gasteiger partial charge in [0, 0.05) is 17.7 Å². The summed E-state index contributed by atoms with van der Waals surface area (Å²) in [4.78, 5) is 15.1. The van der Waals surface area contributed by atoms with Crippen LogP contribution < -0.4 is 10.3 Å². The minimum absolute atomic E-state index is 0.0883. The second-order valence-electron chi connectivity index (χ2n) is 6.83. The van der Waals surface area contributed by atoms with Crippen LogP contribution in [0.1, 0.15) is 57.4 Å². The maximum atomic E-state index is 12.1. The number of nitrogens with one attached hydrogen (secondary N) is 1. The number of pyridine rings is 1. The summed E-state index contributed by atoms with van der Waals surface area (Å²) in [7, 11) is 1.62. The van der Waals surface area contributed by atoms with Crippen LogP contribution in [0.5, 0.6) is 5.75 Å². The summed E-state index contributed by atoms with van der Waals surface area (Å²) in [5.41, 5.74) is 2.97. The Morgan fingerprint density at radius 2 is 2.04 bits per heavy atom. The van der Waals surface area contributed by atoms with Crippen LogP contribution in [0.4, 0.5) is 0 Å². The molecule has 0 unspecified atom stereocenters. The Hall–Kier alpha value is -1.81. The molecule has 0 aromatic carbocycles. The van der Waals surface area contributed by atoms with Gasteiger partial charge in [-0.2, -0.15) is 0 Å². The van der Waals surface area contributed by atoms with E-state index in [0.29, 0.717) is 17.7 Å². The minimum Gasteiger partial charge on any atom is -0.496 e. The summed E-state index contributed by atoms with van der Waals surface area (Å²) in [5, 5.41) is 9.69. The number of allylic oxidation sites excluding steroid dienone is 3. The average molecular weight is 333 g/mol. The van der Waals surface area contributed by atoms with Gasteiger partial charge in [0.15, 0.2) is 0 Å². The number of hydrogen-bond donors (Lipinski definition) is 2. The first-order valence-electron chi connectivity index (χ1n) is 8.54. The third-order valence-electron chi connectivity index (χ3n) is 3.91. The van der Waals surface area contributed by atoms with Gasteiger partial charge in [-0.05, 0) is 40.5 Å². The molecule has 0 radical (unpaired) electrons. The number of rotatable bonds is 8. The van der Waals surface area contributed by atoms with Gasteiger partial charge in [0.25, 0.3) is 5.56 Å². The van der Waals surface area contributed by atoms with Crippen LogP contribution in [0, 0.1) is 6.92 Å². The van der Waals surface area contributed by atoms with E-state index in [1.807, 2.05) is 6.08 Å². The Morgan fingerprint density at radius 1 is 1.38 bits per heavy atom. The first kappa shape index (κ1) is 20.2. The highest BCUT2D eigenvalue weighted by Crippen LogP contribution is 2.25. The van der Waals surface area contributed by atoms with Crippen LogP contribution in [0.2, 0.25) is 0 Å². The van der Waals surface area contributed by atoms with Crippen molar-refractivity contribution in [2.75, 3.05) is 7.11 Å². The van der Waals surface area contributed by atoms with E-state index in [-0.39, 0.29) is 5.56 Å². The van der Waals surface area contributed by atoms with Gasteiger partial charge < -0.3 is 14.8 Å². The van der Waals surface area contributed by atoms with Crippen molar-refractivity contribution < 1.29 is 9.84 Å². The summed E-state index contributed by atoms with van der Waals surface area (Å²) in [6.07, 6.45) is 9.20. The molecule has 0 aliphatic carbocycles. The molecule has 0 aliphatic rings. The van der Waals surface area contributed by atoms with Crippen LogP contribution in [0.3, 0.4) is 0 Å². The summed E-state index contributed by atoms with van der Waals surface area (Å²) in [6.45, 7) is 9.47. The second-order valence-corrected chi connectivity index (χ2v) is 6.83. The number of aliphatic hydroxyl groups is 1. The van der Waals surface area contributed by atoms with Crippen molar-refractivity contribution >= 4 is 0 Å². The molecule has 2 N–H and O–H groups in total. The van der Waals surface area contributed by atoms with E-state index in [1.165, 1.54) is 5.57 Å². The van der Waals surface area contributed by atoms with Gasteiger partial charge >= 0.3 is 0 Å². The molecule has 1 aromatic rings. The number of aromatic nitrogens is 1. The fraction of sp³-hybridized carbons (Fsp3) is 0.550. The van der Waals surface area contributed by atoms with Gasteiger partial charge in [-0.25, -0.2) is 0 Å². The maximum Gasteiger partial charge on any atom is 0.254 e. The Balaban J connectivity index is 3.02. The quantitative estimate of drug-likeness (QED) is 0.710. The summed E-state index contributed by atoms with van der Waals surface area (Å²) < 4.78 is 5.48. The van der Waals surface area contributed by atoms with Gasteiger partial charge in [-0.15, -0.1) is 0 Å². The van der Waals surface area contributed by atoms with Gasteiger partial charge in [0.2, 0.25) is 0 Å². The zero-order chi connectivity index (χ0) is 18.3. The molecule has 0 atom stereocenters. The molecule has 24 heavy (non-hydrogen) atoms. The van der Waals surface area contributed by atoms with Gasteiger partial charge in [-0.3, -0.25) is 4.79 Å². The van der Waals surface area contributed by atoms with E-state index in [0.717, 1.165) is 30.5 Å². The molecule has 0 spiro atoms. The fourth-order valence-corrected chi connectivity index (χ4v) is 2.63. The Morgan fingerprint density at radius 3 is 2.58 bits per heavy atom. The van der Waals surface area contributed by atoms with E-state index >= 15 is 0 Å². The van der Waals surface area contributed by atoms with Crippen LogP contribution in [-0.2, 0) is 12.8 Å². The fourth-order valence-electron chi connectivity index (χ4n) is 2.63. The highest BCUT2D eigenvalue weighted by molar-refractivity contribution is 5.43. The van der Waals surface area contributed by atoms with Crippen LogP contribution in [0.25, 0.3) is 0 Å². The van der Waals surface area contributed by atoms with E-state index in [2.05, 4.69) is 24.9 Å². The van der Waals surface area contributed by atoms with Crippen LogP contribution in [-0.4, -0.2) is 22.8 Å². The molecular formula is C20H31NO3. The topological polar surface area (TPSA) is 62.3 Å². The summed E-state index contributed by atoms with van der Waals surface area (Å²) in [6, 6.07) is 0. The minimum atomic E-state index is -0.788. The highest BCUT2D eigenvalue weighted by atomic mass is 16.5. The third-order valence-corrected chi connectivity index (χ3v) is 3.91. The molecule has 1 heterocycles. The predicted molar refractivity (Wildman–Crippen MR) is 99.9 cm³/mol. The van der Waals surface area contributed by atoms with Crippen LogP contribution >= 0.6 is 0 Å². The molecule has 0 aliphatic heterocycles. The monoisotopic (exact) mass is 333 g/mol. The van der Waals surface area contributed by atoms with Crippen LogP contribution in [0.15, 0.2) is 28.6 Å². The normalized spacial score (nSPS) is 12.9. The zero-order valence-electron chi connectivity index (χ0n) is 15.8. The largest absolute Gasteiger partial charge is 0.496 e. The molecule has 0 bridgehead atoms. The molecule has 1 aromatic heterocycles. The smallest absolute Gasteiger partial charge is 0.254 e. The predicted octanol–water partition coefficient (Wildman–Crippen LogP) is 3.85. The van der Waals surface area contributed by atoms with E-state index in [9.17, 15) is 9.90 Å². The van der Waals surface area contributed by atoms with Crippen molar-refractivity contribution in [2.45, 2.75) is 65.9 Å². The van der Waals surface area contributed by atoms with Gasteiger partial charge in [0.05, 0.1) is 18.3 Å². The second kappa shape index (κ2) is 8.88. The molecule has 134 valence electrons. The van der Waals surface area contributed by atoms with Gasteiger partial charge in [0.1, 0.15) is 5.75 Å². The number of aromatic amines is 1. The maximum absolute atomic E-state index is 12.1. The zero-order valence-corrected chi connectivity index (χ0v) is 15.8. The van der Waals surface area contributed by atoms with Crippen molar-refractivity contribution in [1.29, 1.82) is 0 Å². The Bertz CT molecular complexity index is 661. The number of hydrogen-bond acceptors (Lipinski definition) is 3. The molecular weight excluding hydrogens is 302 g/mol. The van der Waals surface area contributed by atoms with Crippen molar-refractivity contribution in [3.63, 3.8) is 0 Å². The first-order chi connectivity index (χ1) is 11.2. The lowest BCUT2D eigenvalue weighted by molar-refractivity contribution is 0.133. The number of ether oxygens (including phenoxy) is 1. The Kier molecular flexibility index (Phi) is 7.49. The molecule has 0 saturated heterocycles. The molecule has 1 rings (SSSR count). The van der Waals surface area contributed by atoms with Crippen molar-refractivity contribution in [1.82, 2.24) is 4.98 Å². The van der Waals surface area contributed by atoms with E-state index < -0.39 is 5.60 Å². The van der Waals surface area contributed by atoms with E-state index in [1.54, 1.807) is 34.0 Å². The standard InChI is InChI=1S/C20H31NO3/c1-7-9-16-17(21-19(22)15(3)18(16)24-6)12-11-14(2)10-8-13-20(4,5)23/h8,11,13,23H,7,9-10,12H2,1-6H3,(H,21,22)/b13-8+,14-11+. The molecule has 0 saturated carbocycles. The van der Waals surface area contributed by atoms with Gasteiger partial charge in [-0.1, -0.05) is 37.1 Å². The first-order valence-corrected chi connectivity index (χ1v) is 8.54. The Labute approximate surface area is 145 Å². The number of methoxy groups -OCH3 is 1. The lowest BCUT2D eigenvalue weighted by Crippen LogP contribution is -2.17. The lowest BCUT2D eigenvalue weighted by atomic mass is 10.0. The third kappa shape index (κ3) is 6.00. The van der Waals surface area contributed by atoms with E-state index in [4.69, 9.17) is 4.74 Å². The molecule has 4 nitrogen and oxygen atoms in total. The molecule has 0 fully saturated rings. The van der Waals surface area contributed by atoms with Crippen molar-refractivity contribution in [3.05, 3.63) is 51.0 Å². The number of H-pyrrole nitrogens is 1. The van der Waals surface area contributed by atoms with Crippen molar-refractivity contribution in [3.8, 4) is 5.75 Å². The molecule has 0 amide bonds. The summed E-state index contributed by atoms with van der Waals surface area (Å²) >= 11 is 0. The van der Waals surface area contributed by atoms with Crippen molar-refractivity contribution in [2.24, 2.45) is 0 Å². The lowest BCUT2D eigenvalue weighted by Gasteiger charge is -2.14. The molecule has 4 heteroatoms. The average Bonchev–Trinajstić information content (AvgIpc) is 2.48. The summed E-state index contributed by atoms with van der Waals surface area (Å²) in [5.74, 6) is 0.712. The highest BCUT2D eigenvalue weighted by Gasteiger charge is 2.14.